The zero-order chi connectivity index (χ0) is 14.5. The molecule has 2 N–H and O–H groups in total. The summed E-state index contributed by atoms with van der Waals surface area (Å²) in [5.74, 6) is -0.389. The minimum absolute atomic E-state index is 0.280. The van der Waals surface area contributed by atoms with Crippen LogP contribution in [0.1, 0.15) is 20.9 Å². The largest absolute Gasteiger partial charge is 0.465 e. The third kappa shape index (κ3) is 3.04. The van der Waals surface area contributed by atoms with Crippen LogP contribution in [-0.2, 0) is 22.6 Å². The Morgan fingerprint density at radius 2 is 2.00 bits per heavy atom. The minimum atomic E-state index is -0.389. The maximum atomic E-state index is 11.7. The average Bonchev–Trinajstić information content (AvgIpc) is 2.91. The van der Waals surface area contributed by atoms with Crippen molar-refractivity contribution in [2.45, 2.75) is 13.2 Å². The highest BCUT2D eigenvalue weighted by Crippen LogP contribution is 2.29. The van der Waals surface area contributed by atoms with Gasteiger partial charge in [0.2, 0.25) is 0 Å². The first-order valence-electron chi connectivity index (χ1n) is 6.06. The molecule has 0 atom stereocenters. The highest BCUT2D eigenvalue weighted by atomic mass is 32.1. The molecular formula is C14H16N2O3S. The van der Waals surface area contributed by atoms with Gasteiger partial charge in [-0.25, -0.2) is 9.78 Å². The van der Waals surface area contributed by atoms with Crippen LogP contribution >= 0.6 is 11.3 Å². The minimum Gasteiger partial charge on any atom is -0.465 e. The summed E-state index contributed by atoms with van der Waals surface area (Å²) in [6.45, 7) is 0.780. The number of rotatable bonds is 5. The molecule has 2 rings (SSSR count). The van der Waals surface area contributed by atoms with Gasteiger partial charge in [0.25, 0.3) is 0 Å². The molecule has 1 aromatic heterocycles. The Bertz CT molecular complexity index is 593. The molecule has 20 heavy (non-hydrogen) atoms. The number of carbonyl (C=O) groups excluding carboxylic acids is 1. The summed E-state index contributed by atoms with van der Waals surface area (Å²) in [7, 11) is 2.92. The van der Waals surface area contributed by atoms with Crippen molar-refractivity contribution in [3.05, 3.63) is 40.4 Å². The number of nitrogens with two attached hydrogens (primary N) is 1. The van der Waals surface area contributed by atoms with Crippen LogP contribution in [0.25, 0.3) is 10.6 Å². The predicted molar refractivity (Wildman–Crippen MR) is 77.5 cm³/mol. The fourth-order valence-corrected chi connectivity index (χ4v) is 2.74. The van der Waals surface area contributed by atoms with Crippen LogP contribution in [-0.4, -0.2) is 25.2 Å². The van der Waals surface area contributed by atoms with E-state index in [0.717, 1.165) is 16.1 Å². The monoisotopic (exact) mass is 292 g/mol. The number of benzene rings is 1. The Hall–Kier alpha value is -1.76. The van der Waals surface area contributed by atoms with Gasteiger partial charge >= 0.3 is 5.97 Å². The Labute approximate surface area is 121 Å². The van der Waals surface area contributed by atoms with E-state index >= 15 is 0 Å². The van der Waals surface area contributed by atoms with Crippen LogP contribution < -0.4 is 5.73 Å². The Morgan fingerprint density at radius 3 is 2.55 bits per heavy atom. The maximum absolute atomic E-state index is 11.7. The van der Waals surface area contributed by atoms with Gasteiger partial charge in [-0.1, -0.05) is 24.3 Å². The quantitative estimate of drug-likeness (QED) is 0.855. The average molecular weight is 292 g/mol. The molecule has 0 fully saturated rings. The van der Waals surface area contributed by atoms with Crippen LogP contribution in [0.3, 0.4) is 0 Å². The molecule has 1 aromatic carbocycles. The van der Waals surface area contributed by atoms with Crippen LogP contribution in [0.2, 0.25) is 0 Å². The molecule has 0 amide bonds. The van der Waals surface area contributed by atoms with E-state index in [0.29, 0.717) is 17.1 Å². The van der Waals surface area contributed by atoms with Gasteiger partial charge in [0.05, 0.1) is 19.4 Å². The summed E-state index contributed by atoms with van der Waals surface area (Å²) >= 11 is 1.30. The smallest absolute Gasteiger partial charge is 0.350 e. The lowest BCUT2D eigenvalue weighted by molar-refractivity contribution is 0.0601. The van der Waals surface area contributed by atoms with Gasteiger partial charge in [-0.05, 0) is 5.56 Å². The van der Waals surface area contributed by atoms with Crippen LogP contribution in [0, 0.1) is 0 Å². The highest BCUT2D eigenvalue weighted by Gasteiger charge is 2.19. The third-order valence-electron chi connectivity index (χ3n) is 2.79. The molecule has 0 unspecified atom stereocenters. The van der Waals surface area contributed by atoms with Crippen molar-refractivity contribution in [3.63, 3.8) is 0 Å². The molecule has 0 saturated heterocycles. The second kappa shape index (κ2) is 6.60. The van der Waals surface area contributed by atoms with E-state index in [2.05, 4.69) is 4.98 Å². The van der Waals surface area contributed by atoms with Crippen molar-refractivity contribution >= 4 is 17.3 Å². The van der Waals surface area contributed by atoms with E-state index in [1.165, 1.54) is 18.4 Å². The standard InChI is InChI=1S/C14H16N2O3S/c1-18-8-11-12(14(17)19-2)20-13(16-11)10-5-3-9(7-15)4-6-10/h3-6H,7-8,15H2,1-2H3. The van der Waals surface area contributed by atoms with Gasteiger partial charge in [-0.3, -0.25) is 0 Å². The van der Waals surface area contributed by atoms with E-state index in [1.807, 2.05) is 24.3 Å². The summed E-state index contributed by atoms with van der Waals surface area (Å²) in [5.41, 5.74) is 8.17. The fraction of sp³-hybridized carbons (Fsp3) is 0.286. The Morgan fingerprint density at radius 1 is 1.30 bits per heavy atom. The van der Waals surface area contributed by atoms with E-state index in [-0.39, 0.29) is 12.6 Å². The fourth-order valence-electron chi connectivity index (χ4n) is 1.75. The summed E-state index contributed by atoms with van der Waals surface area (Å²) in [4.78, 5) is 16.7. The number of esters is 1. The van der Waals surface area contributed by atoms with Crippen LogP contribution in [0.15, 0.2) is 24.3 Å². The molecule has 0 spiro atoms. The molecule has 0 aliphatic heterocycles. The second-order valence-corrected chi connectivity index (χ2v) is 5.12. The lowest BCUT2D eigenvalue weighted by Crippen LogP contribution is -2.03. The van der Waals surface area contributed by atoms with Crippen molar-refractivity contribution in [1.29, 1.82) is 0 Å². The number of hydrogen-bond donors (Lipinski definition) is 1. The highest BCUT2D eigenvalue weighted by molar-refractivity contribution is 7.17. The van der Waals surface area contributed by atoms with Gasteiger partial charge in [-0.15, -0.1) is 11.3 Å². The zero-order valence-corrected chi connectivity index (χ0v) is 12.2. The first-order chi connectivity index (χ1) is 9.69. The number of methoxy groups -OCH3 is 2. The number of aromatic nitrogens is 1. The predicted octanol–water partition coefficient (Wildman–Crippen LogP) is 2.20. The van der Waals surface area contributed by atoms with Gasteiger partial charge in [-0.2, -0.15) is 0 Å². The van der Waals surface area contributed by atoms with Crippen molar-refractivity contribution in [3.8, 4) is 10.6 Å². The zero-order valence-electron chi connectivity index (χ0n) is 11.4. The third-order valence-corrected chi connectivity index (χ3v) is 3.91. The molecule has 2 aromatic rings. The Kier molecular flexibility index (Phi) is 4.84. The van der Waals surface area contributed by atoms with Gasteiger partial charge in [0, 0.05) is 19.2 Å². The molecule has 0 radical (unpaired) electrons. The van der Waals surface area contributed by atoms with E-state index < -0.39 is 0 Å². The lowest BCUT2D eigenvalue weighted by atomic mass is 10.1. The van der Waals surface area contributed by atoms with Gasteiger partial charge in [0.15, 0.2) is 0 Å². The molecule has 0 aliphatic carbocycles. The molecule has 106 valence electrons. The first-order valence-corrected chi connectivity index (χ1v) is 6.87. The van der Waals surface area contributed by atoms with Gasteiger partial charge in [0.1, 0.15) is 9.88 Å². The molecule has 0 bridgehead atoms. The topological polar surface area (TPSA) is 74.4 Å². The number of thiazole rings is 1. The summed E-state index contributed by atoms with van der Waals surface area (Å²) < 4.78 is 9.84. The van der Waals surface area contributed by atoms with E-state index in [9.17, 15) is 4.79 Å². The number of carbonyl (C=O) groups is 1. The maximum Gasteiger partial charge on any atom is 0.350 e. The number of ether oxygens (including phenoxy) is 2. The SMILES string of the molecule is COCc1nc(-c2ccc(CN)cc2)sc1C(=O)OC. The first kappa shape index (κ1) is 14.6. The molecule has 6 heteroatoms. The van der Waals surface area contributed by atoms with Crippen molar-refractivity contribution in [2.24, 2.45) is 5.73 Å². The second-order valence-electron chi connectivity index (χ2n) is 4.12. The number of hydrogen-bond acceptors (Lipinski definition) is 6. The summed E-state index contributed by atoms with van der Waals surface area (Å²) in [5, 5.41) is 0.765. The molecule has 1 heterocycles. The normalized spacial score (nSPS) is 10.6. The molecule has 5 nitrogen and oxygen atoms in total. The molecule has 0 aliphatic rings. The van der Waals surface area contributed by atoms with Crippen LogP contribution in [0.4, 0.5) is 0 Å². The Balaban J connectivity index is 2.38. The summed E-state index contributed by atoms with van der Waals surface area (Å²) in [6.07, 6.45) is 0. The molecule has 0 saturated carbocycles. The van der Waals surface area contributed by atoms with E-state index in [4.69, 9.17) is 15.2 Å². The van der Waals surface area contributed by atoms with Crippen molar-refractivity contribution in [2.75, 3.05) is 14.2 Å². The molecular weight excluding hydrogens is 276 g/mol. The van der Waals surface area contributed by atoms with Crippen molar-refractivity contribution < 1.29 is 14.3 Å². The summed E-state index contributed by atoms with van der Waals surface area (Å²) in [6, 6.07) is 7.78. The van der Waals surface area contributed by atoms with Crippen molar-refractivity contribution in [1.82, 2.24) is 4.98 Å². The van der Waals surface area contributed by atoms with Gasteiger partial charge < -0.3 is 15.2 Å². The lowest BCUT2D eigenvalue weighted by Gasteiger charge is -1.98. The number of nitrogens with zero attached hydrogens (tertiary/aromatic N) is 1. The van der Waals surface area contributed by atoms with E-state index in [1.54, 1.807) is 7.11 Å². The van der Waals surface area contributed by atoms with Crippen LogP contribution in [0.5, 0.6) is 0 Å².